The molecule has 0 spiro atoms. The molecule has 1 aliphatic rings. The Morgan fingerprint density at radius 2 is 1.74 bits per heavy atom. The van der Waals surface area contributed by atoms with Crippen LogP contribution in [-0.4, -0.2) is 31.1 Å². The average Bonchev–Trinajstić information content (AvgIpc) is 2.95. The highest BCUT2D eigenvalue weighted by atomic mass is 35.5. The lowest BCUT2D eigenvalue weighted by Crippen LogP contribution is -2.45. The van der Waals surface area contributed by atoms with Crippen molar-refractivity contribution in [3.63, 3.8) is 0 Å². The second-order valence-electron chi connectivity index (χ2n) is 5.09. The molecule has 1 aliphatic heterocycles. The number of hydrogen-bond acceptors (Lipinski definition) is 3. The van der Waals surface area contributed by atoms with Crippen molar-refractivity contribution < 1.29 is 13.2 Å². The Labute approximate surface area is 147 Å². The summed E-state index contributed by atoms with van der Waals surface area (Å²) in [5, 5.41) is 3.22. The first-order valence-corrected chi connectivity index (χ1v) is 8.11. The molecule has 1 saturated heterocycles. The van der Waals surface area contributed by atoms with Crippen LogP contribution in [0, 0.1) is 17.5 Å². The quantitative estimate of drug-likeness (QED) is 0.798. The fraction of sp³-hybridized carbons (Fsp3) is 0.333. The van der Waals surface area contributed by atoms with Gasteiger partial charge in [-0.3, -0.25) is 4.90 Å². The van der Waals surface area contributed by atoms with Crippen molar-refractivity contribution in [3.8, 4) is 0 Å². The smallest absolute Gasteiger partial charge is 0.194 e. The molecule has 0 amide bonds. The molecule has 1 atom stereocenters. The summed E-state index contributed by atoms with van der Waals surface area (Å²) >= 11 is 7.31. The Kier molecular flexibility index (Phi) is 6.33. The van der Waals surface area contributed by atoms with E-state index in [0.717, 1.165) is 24.0 Å². The number of hydrogen-bond donors (Lipinski definition) is 1. The van der Waals surface area contributed by atoms with Crippen LogP contribution in [0.5, 0.6) is 0 Å². The molecule has 0 aliphatic carbocycles. The van der Waals surface area contributed by atoms with Crippen LogP contribution in [0.2, 0.25) is 4.34 Å². The van der Waals surface area contributed by atoms with E-state index in [-0.39, 0.29) is 18.0 Å². The first-order valence-electron chi connectivity index (χ1n) is 6.91. The van der Waals surface area contributed by atoms with Gasteiger partial charge in [-0.2, -0.15) is 0 Å². The van der Waals surface area contributed by atoms with E-state index in [1.807, 2.05) is 0 Å². The van der Waals surface area contributed by atoms with E-state index in [2.05, 4.69) is 10.2 Å². The van der Waals surface area contributed by atoms with E-state index in [0.29, 0.717) is 17.4 Å². The maximum atomic E-state index is 14.3. The second kappa shape index (κ2) is 7.85. The fourth-order valence-electron chi connectivity index (χ4n) is 2.70. The molecule has 2 nitrogen and oxygen atoms in total. The number of halogens is 5. The summed E-state index contributed by atoms with van der Waals surface area (Å²) in [7, 11) is 0. The number of thiophene rings is 1. The van der Waals surface area contributed by atoms with Gasteiger partial charge in [0.1, 0.15) is 0 Å². The van der Waals surface area contributed by atoms with Gasteiger partial charge >= 0.3 is 0 Å². The third kappa shape index (κ3) is 3.83. The van der Waals surface area contributed by atoms with Gasteiger partial charge in [0.15, 0.2) is 17.5 Å². The van der Waals surface area contributed by atoms with Crippen molar-refractivity contribution in [2.24, 2.45) is 0 Å². The van der Waals surface area contributed by atoms with Crippen LogP contribution in [0.1, 0.15) is 16.5 Å². The predicted octanol–water partition coefficient (Wildman–Crippen LogP) is 4.24. The van der Waals surface area contributed by atoms with E-state index in [1.54, 1.807) is 12.1 Å². The van der Waals surface area contributed by atoms with Crippen molar-refractivity contribution in [3.05, 3.63) is 56.5 Å². The van der Waals surface area contributed by atoms with Crippen molar-refractivity contribution in [1.29, 1.82) is 0 Å². The predicted molar refractivity (Wildman–Crippen MR) is 89.2 cm³/mol. The molecule has 8 heteroatoms. The zero-order valence-corrected chi connectivity index (χ0v) is 14.4. The Bertz CT molecular complexity index is 675. The molecule has 0 bridgehead atoms. The summed E-state index contributed by atoms with van der Waals surface area (Å²) in [4.78, 5) is 2.87. The normalized spacial score (nSPS) is 16.9. The molecule has 2 aromatic rings. The van der Waals surface area contributed by atoms with Gasteiger partial charge in [-0.1, -0.05) is 17.7 Å². The monoisotopic (exact) mass is 382 g/mol. The lowest BCUT2D eigenvalue weighted by atomic mass is 10.0. The zero-order valence-electron chi connectivity index (χ0n) is 12.0. The van der Waals surface area contributed by atoms with Gasteiger partial charge in [-0.05, 0) is 18.2 Å². The summed E-state index contributed by atoms with van der Waals surface area (Å²) < 4.78 is 41.7. The maximum absolute atomic E-state index is 14.3. The van der Waals surface area contributed by atoms with Crippen molar-refractivity contribution in [1.82, 2.24) is 10.2 Å². The average molecular weight is 383 g/mol. The molecule has 23 heavy (non-hydrogen) atoms. The first-order chi connectivity index (χ1) is 10.6. The Morgan fingerprint density at radius 3 is 2.35 bits per heavy atom. The third-order valence-corrected chi connectivity index (χ3v) is 5.02. The van der Waals surface area contributed by atoms with E-state index < -0.39 is 23.5 Å². The summed E-state index contributed by atoms with van der Waals surface area (Å²) in [6.45, 7) is 2.92. The molecule has 1 N–H and O–H groups in total. The molecule has 1 fully saturated rings. The Morgan fingerprint density at radius 1 is 1.04 bits per heavy atom. The highest BCUT2D eigenvalue weighted by Crippen LogP contribution is 2.37. The zero-order chi connectivity index (χ0) is 15.7. The van der Waals surface area contributed by atoms with E-state index in [4.69, 9.17) is 11.6 Å². The van der Waals surface area contributed by atoms with Crippen molar-refractivity contribution in [2.45, 2.75) is 6.04 Å². The second-order valence-corrected chi connectivity index (χ2v) is 6.84. The number of benzene rings is 1. The van der Waals surface area contributed by atoms with Crippen LogP contribution in [0.4, 0.5) is 13.2 Å². The maximum Gasteiger partial charge on any atom is 0.194 e. The number of rotatable bonds is 3. The molecular weight excluding hydrogens is 368 g/mol. The molecule has 3 rings (SSSR count). The van der Waals surface area contributed by atoms with Crippen LogP contribution in [0.25, 0.3) is 0 Å². The summed E-state index contributed by atoms with van der Waals surface area (Å²) in [6.07, 6.45) is 0. The Hall–Kier alpha value is -0.790. The SMILES string of the molecule is Cl.Fc1ccc([C@@H](c2ccc(Cl)s2)N2CCNCC2)c(F)c1F. The third-order valence-electron chi connectivity index (χ3n) is 3.74. The van der Waals surface area contributed by atoms with Crippen LogP contribution in [-0.2, 0) is 0 Å². The molecule has 126 valence electrons. The van der Waals surface area contributed by atoms with Gasteiger partial charge in [0.25, 0.3) is 0 Å². The summed E-state index contributed by atoms with van der Waals surface area (Å²) in [5.41, 5.74) is 0.138. The van der Waals surface area contributed by atoms with Gasteiger partial charge in [0.2, 0.25) is 0 Å². The highest BCUT2D eigenvalue weighted by molar-refractivity contribution is 7.16. The van der Waals surface area contributed by atoms with E-state index in [1.165, 1.54) is 17.4 Å². The van der Waals surface area contributed by atoms with Gasteiger partial charge < -0.3 is 5.32 Å². The van der Waals surface area contributed by atoms with Crippen LogP contribution < -0.4 is 5.32 Å². The lowest BCUT2D eigenvalue weighted by molar-refractivity contribution is 0.196. The minimum absolute atomic E-state index is 0. The number of nitrogens with zero attached hydrogens (tertiary/aromatic N) is 1. The van der Waals surface area contributed by atoms with Crippen LogP contribution in [0.15, 0.2) is 24.3 Å². The summed E-state index contributed by atoms with van der Waals surface area (Å²) in [5.74, 6) is -3.74. The van der Waals surface area contributed by atoms with Gasteiger partial charge in [0.05, 0.1) is 10.4 Å². The minimum Gasteiger partial charge on any atom is -0.314 e. The number of piperazine rings is 1. The van der Waals surface area contributed by atoms with E-state index >= 15 is 0 Å². The Balaban J connectivity index is 0.00000192. The minimum atomic E-state index is -1.43. The van der Waals surface area contributed by atoms with Gasteiger partial charge in [-0.15, -0.1) is 23.7 Å². The molecule has 0 radical (unpaired) electrons. The number of nitrogens with one attached hydrogen (secondary N) is 1. The first kappa shape index (κ1) is 18.5. The topological polar surface area (TPSA) is 15.3 Å². The van der Waals surface area contributed by atoms with Gasteiger partial charge in [-0.25, -0.2) is 13.2 Å². The van der Waals surface area contributed by atoms with Gasteiger partial charge in [0, 0.05) is 36.6 Å². The summed E-state index contributed by atoms with van der Waals surface area (Å²) in [6, 6.07) is 5.36. The molecular formula is C15H15Cl2F3N2S. The lowest BCUT2D eigenvalue weighted by Gasteiger charge is -2.34. The molecule has 1 aromatic carbocycles. The largest absolute Gasteiger partial charge is 0.314 e. The van der Waals surface area contributed by atoms with Crippen LogP contribution in [0.3, 0.4) is 0 Å². The van der Waals surface area contributed by atoms with E-state index in [9.17, 15) is 13.2 Å². The van der Waals surface area contributed by atoms with Crippen molar-refractivity contribution >= 4 is 35.3 Å². The molecule has 0 saturated carbocycles. The molecule has 1 aromatic heterocycles. The van der Waals surface area contributed by atoms with Crippen LogP contribution >= 0.6 is 35.3 Å². The highest BCUT2D eigenvalue weighted by Gasteiger charge is 2.29. The standard InChI is InChI=1S/C15H14ClF3N2S.ClH/c16-12-4-3-11(22-12)15(21-7-5-20-6-8-21)9-1-2-10(17)14(19)13(9)18;/h1-4,15,20H,5-8H2;1H/t15-;/m0./s1. The van der Waals surface area contributed by atoms with Crippen molar-refractivity contribution in [2.75, 3.05) is 26.2 Å². The fourth-order valence-corrected chi connectivity index (χ4v) is 3.91. The molecule has 0 unspecified atom stereocenters. The molecule has 2 heterocycles.